The SMILES string of the molecule is CCOC(=O)c1c(NC(=O)c2c(F)c(F)c(F)c(F)c2F)sc2c1CC(C)(C)NC2(C)C. The Morgan fingerprint density at radius 1 is 0.969 bits per heavy atom. The molecule has 0 saturated carbocycles. The van der Waals surface area contributed by atoms with Gasteiger partial charge in [-0.1, -0.05) is 0 Å². The molecule has 1 aliphatic heterocycles. The van der Waals surface area contributed by atoms with Gasteiger partial charge in [0.05, 0.1) is 12.2 Å². The number of rotatable bonds is 4. The molecule has 0 fully saturated rings. The van der Waals surface area contributed by atoms with Gasteiger partial charge in [-0.2, -0.15) is 0 Å². The first-order chi connectivity index (χ1) is 14.7. The molecule has 32 heavy (non-hydrogen) atoms. The molecule has 0 saturated heterocycles. The molecule has 0 atom stereocenters. The highest BCUT2D eigenvalue weighted by molar-refractivity contribution is 7.17. The lowest BCUT2D eigenvalue weighted by Gasteiger charge is -2.42. The molecule has 0 spiro atoms. The topological polar surface area (TPSA) is 67.4 Å². The van der Waals surface area contributed by atoms with Crippen molar-refractivity contribution in [1.29, 1.82) is 0 Å². The van der Waals surface area contributed by atoms with Gasteiger partial charge in [-0.3, -0.25) is 4.79 Å². The zero-order valence-corrected chi connectivity index (χ0v) is 18.8. The van der Waals surface area contributed by atoms with Crippen molar-refractivity contribution < 1.29 is 36.3 Å². The van der Waals surface area contributed by atoms with Gasteiger partial charge in [-0.15, -0.1) is 11.3 Å². The maximum Gasteiger partial charge on any atom is 0.341 e. The van der Waals surface area contributed by atoms with Gasteiger partial charge in [-0.25, -0.2) is 26.7 Å². The summed E-state index contributed by atoms with van der Waals surface area (Å²) < 4.78 is 73.8. The molecule has 3 rings (SSSR count). The third-order valence-corrected chi connectivity index (χ3v) is 6.46. The summed E-state index contributed by atoms with van der Waals surface area (Å²) >= 11 is 0.968. The molecule has 2 N–H and O–H groups in total. The molecule has 2 heterocycles. The van der Waals surface area contributed by atoms with E-state index in [1.54, 1.807) is 6.92 Å². The largest absolute Gasteiger partial charge is 0.462 e. The molecule has 1 amide bonds. The summed E-state index contributed by atoms with van der Waals surface area (Å²) in [5.74, 6) is -13.7. The van der Waals surface area contributed by atoms with E-state index in [1.165, 1.54) is 0 Å². The number of thiophene rings is 1. The Labute approximate surface area is 185 Å². The Morgan fingerprint density at radius 2 is 1.50 bits per heavy atom. The number of nitrogens with one attached hydrogen (secondary N) is 2. The number of amides is 1. The monoisotopic (exact) mass is 476 g/mol. The average Bonchev–Trinajstić information content (AvgIpc) is 3.02. The van der Waals surface area contributed by atoms with Crippen molar-refractivity contribution in [2.24, 2.45) is 0 Å². The van der Waals surface area contributed by atoms with E-state index >= 15 is 0 Å². The summed E-state index contributed by atoms with van der Waals surface area (Å²) in [5.41, 5.74) is -2.15. The van der Waals surface area contributed by atoms with Gasteiger partial charge in [0.1, 0.15) is 10.6 Å². The van der Waals surface area contributed by atoms with Crippen LogP contribution in [0.25, 0.3) is 0 Å². The van der Waals surface area contributed by atoms with Crippen molar-refractivity contribution in [1.82, 2.24) is 5.32 Å². The molecule has 174 valence electrons. The van der Waals surface area contributed by atoms with Gasteiger partial charge >= 0.3 is 5.97 Å². The van der Waals surface area contributed by atoms with Crippen LogP contribution in [0.1, 0.15) is 65.8 Å². The summed E-state index contributed by atoms with van der Waals surface area (Å²) in [4.78, 5) is 26.0. The molecule has 0 radical (unpaired) electrons. The van der Waals surface area contributed by atoms with E-state index in [0.29, 0.717) is 16.9 Å². The zero-order valence-electron chi connectivity index (χ0n) is 17.9. The van der Waals surface area contributed by atoms with Gasteiger partial charge in [0.15, 0.2) is 23.3 Å². The van der Waals surface area contributed by atoms with E-state index < -0.39 is 57.6 Å². The normalized spacial score (nSPS) is 16.4. The van der Waals surface area contributed by atoms with Crippen LogP contribution in [0, 0.1) is 29.1 Å². The van der Waals surface area contributed by atoms with Crippen LogP contribution in [0.4, 0.5) is 27.0 Å². The fourth-order valence-corrected chi connectivity index (χ4v) is 5.26. The quantitative estimate of drug-likeness (QED) is 0.281. The summed E-state index contributed by atoms with van der Waals surface area (Å²) in [6, 6.07) is 0. The molecule has 5 nitrogen and oxygen atoms in total. The van der Waals surface area contributed by atoms with Crippen LogP contribution in [0.5, 0.6) is 0 Å². The zero-order chi connectivity index (χ0) is 24.2. The second kappa shape index (κ2) is 8.11. The van der Waals surface area contributed by atoms with Crippen LogP contribution in [0.2, 0.25) is 0 Å². The minimum absolute atomic E-state index is 0.00766. The second-order valence-electron chi connectivity index (χ2n) is 8.54. The maximum atomic E-state index is 14.1. The number of anilines is 1. The van der Waals surface area contributed by atoms with Crippen LogP contribution in [-0.4, -0.2) is 24.0 Å². The third-order valence-electron chi connectivity index (χ3n) is 4.99. The van der Waals surface area contributed by atoms with Gasteiger partial charge in [-0.05, 0) is 46.6 Å². The molecule has 2 aromatic rings. The lowest BCUT2D eigenvalue weighted by Crippen LogP contribution is -2.55. The lowest BCUT2D eigenvalue weighted by molar-refractivity contribution is 0.0525. The number of hydrogen-bond donors (Lipinski definition) is 2. The Kier molecular flexibility index (Phi) is 6.11. The maximum absolute atomic E-state index is 14.1. The summed E-state index contributed by atoms with van der Waals surface area (Å²) in [5, 5.41) is 5.47. The minimum Gasteiger partial charge on any atom is -0.462 e. The van der Waals surface area contributed by atoms with Gasteiger partial charge in [0, 0.05) is 16.0 Å². The van der Waals surface area contributed by atoms with E-state index in [2.05, 4.69) is 10.6 Å². The summed E-state index contributed by atoms with van der Waals surface area (Å²) in [6.45, 7) is 9.15. The number of benzene rings is 1. The Bertz CT molecular complexity index is 1100. The molecule has 1 aromatic carbocycles. The first-order valence-electron chi connectivity index (χ1n) is 9.67. The van der Waals surface area contributed by atoms with Crippen LogP contribution >= 0.6 is 11.3 Å². The van der Waals surface area contributed by atoms with Crippen molar-refractivity contribution in [3.63, 3.8) is 0 Å². The highest BCUT2D eigenvalue weighted by Gasteiger charge is 2.42. The number of esters is 1. The van der Waals surface area contributed by atoms with Crippen molar-refractivity contribution >= 4 is 28.2 Å². The summed E-state index contributed by atoms with van der Waals surface area (Å²) in [7, 11) is 0. The van der Waals surface area contributed by atoms with E-state index in [9.17, 15) is 31.5 Å². The predicted molar refractivity (Wildman–Crippen MR) is 108 cm³/mol. The number of carbonyl (C=O) groups is 2. The highest BCUT2D eigenvalue weighted by atomic mass is 32.1. The van der Waals surface area contributed by atoms with E-state index in [-0.39, 0.29) is 17.2 Å². The van der Waals surface area contributed by atoms with Crippen LogP contribution in [0.15, 0.2) is 0 Å². The summed E-state index contributed by atoms with van der Waals surface area (Å²) in [6.07, 6.45) is 0.370. The molecule has 1 aromatic heterocycles. The predicted octanol–water partition coefficient (Wildman–Crippen LogP) is 5.03. The van der Waals surface area contributed by atoms with Gasteiger partial charge in [0.2, 0.25) is 5.82 Å². The average molecular weight is 476 g/mol. The highest BCUT2D eigenvalue weighted by Crippen LogP contribution is 2.45. The Morgan fingerprint density at radius 3 is 2.03 bits per heavy atom. The minimum atomic E-state index is -2.37. The first-order valence-corrected chi connectivity index (χ1v) is 10.5. The standard InChI is InChI=1S/C21H21F5N2O3S/c1-6-31-19(30)9-8-7-20(2,3)28-21(4,5)16(8)32-18(9)27-17(29)10-11(22)13(24)15(26)14(25)12(10)23/h28H,6-7H2,1-5H3,(H,27,29). The first kappa shape index (κ1) is 24.1. The van der Waals surface area contributed by atoms with Crippen LogP contribution < -0.4 is 10.6 Å². The number of hydrogen-bond acceptors (Lipinski definition) is 5. The molecule has 1 aliphatic rings. The molecule has 0 unspecified atom stereocenters. The molecule has 0 aliphatic carbocycles. The molecular formula is C21H21F5N2O3S. The molecular weight excluding hydrogens is 455 g/mol. The van der Waals surface area contributed by atoms with Crippen LogP contribution in [0.3, 0.4) is 0 Å². The Balaban J connectivity index is 2.15. The van der Waals surface area contributed by atoms with E-state index in [0.717, 1.165) is 11.3 Å². The van der Waals surface area contributed by atoms with Crippen molar-refractivity contribution in [2.45, 2.75) is 52.1 Å². The molecule has 11 heteroatoms. The molecule has 0 bridgehead atoms. The number of fused-ring (bicyclic) bond motifs is 1. The van der Waals surface area contributed by atoms with Crippen molar-refractivity contribution in [3.8, 4) is 0 Å². The second-order valence-corrected chi connectivity index (χ2v) is 9.56. The van der Waals surface area contributed by atoms with Crippen LogP contribution in [-0.2, 0) is 16.7 Å². The van der Waals surface area contributed by atoms with Gasteiger partial charge < -0.3 is 15.4 Å². The fraction of sp³-hybridized carbons (Fsp3) is 0.429. The van der Waals surface area contributed by atoms with Crippen molar-refractivity contribution in [2.75, 3.05) is 11.9 Å². The lowest BCUT2D eigenvalue weighted by atomic mass is 9.81. The Hall–Kier alpha value is -2.53. The van der Waals surface area contributed by atoms with Gasteiger partial charge in [0.25, 0.3) is 5.91 Å². The fourth-order valence-electron chi connectivity index (χ4n) is 4.00. The number of ether oxygens (including phenoxy) is 1. The van der Waals surface area contributed by atoms with E-state index in [1.807, 2.05) is 27.7 Å². The smallest absolute Gasteiger partial charge is 0.341 e. The van der Waals surface area contributed by atoms with Crippen molar-refractivity contribution in [3.05, 3.63) is 50.7 Å². The third kappa shape index (κ3) is 3.99. The number of carbonyl (C=O) groups excluding carboxylic acids is 2. The number of halogens is 5. The van der Waals surface area contributed by atoms with E-state index in [4.69, 9.17) is 4.74 Å².